The summed E-state index contributed by atoms with van der Waals surface area (Å²) in [4.78, 5) is 32.0. The molecule has 0 fully saturated rings. The third kappa shape index (κ3) is 3.95. The molecule has 0 radical (unpaired) electrons. The molecule has 0 atom stereocenters. The number of carboxylic acids is 1. The number of nitro groups is 1. The van der Waals surface area contributed by atoms with Crippen LogP contribution in [0.3, 0.4) is 0 Å². The molecule has 0 heterocycles. The van der Waals surface area contributed by atoms with Crippen molar-refractivity contribution < 1.29 is 24.4 Å². The van der Waals surface area contributed by atoms with Gasteiger partial charge < -0.3 is 15.2 Å². The number of hydrogen-bond donors (Lipinski definition) is 2. The molecule has 0 saturated carbocycles. The summed E-state index contributed by atoms with van der Waals surface area (Å²) in [7, 11) is 0. The maximum atomic E-state index is 11.6. The number of hydrogen-bond acceptors (Lipinski definition) is 5. The molecule has 1 rings (SSSR count). The number of carboxylic acid groups (broad SMARTS) is 1. The van der Waals surface area contributed by atoms with E-state index in [0.717, 1.165) is 6.07 Å². The van der Waals surface area contributed by atoms with Crippen LogP contribution < -0.4 is 10.1 Å². The van der Waals surface area contributed by atoms with Crippen molar-refractivity contribution in [1.29, 1.82) is 0 Å². The van der Waals surface area contributed by atoms with Crippen molar-refractivity contribution in [2.75, 3.05) is 13.2 Å². The van der Waals surface area contributed by atoms with Crippen molar-refractivity contribution >= 4 is 17.6 Å². The van der Waals surface area contributed by atoms with E-state index in [-0.39, 0.29) is 23.6 Å². The molecular formula is C11H12N2O6. The molecule has 0 aliphatic heterocycles. The zero-order valence-electron chi connectivity index (χ0n) is 10.1. The van der Waals surface area contributed by atoms with Crippen molar-refractivity contribution in [2.24, 2.45) is 0 Å². The fourth-order valence-corrected chi connectivity index (χ4v) is 1.34. The first-order valence-electron chi connectivity index (χ1n) is 5.37. The van der Waals surface area contributed by atoms with Gasteiger partial charge in [0.1, 0.15) is 6.54 Å². The molecule has 2 N–H and O–H groups in total. The monoisotopic (exact) mass is 268 g/mol. The molecule has 1 aromatic rings. The minimum absolute atomic E-state index is 0.00333. The largest absolute Gasteiger partial charge is 0.487 e. The van der Waals surface area contributed by atoms with E-state index in [1.807, 2.05) is 0 Å². The van der Waals surface area contributed by atoms with Crippen LogP contribution in [0, 0.1) is 10.1 Å². The third-order valence-electron chi connectivity index (χ3n) is 2.12. The second-order valence-corrected chi connectivity index (χ2v) is 3.45. The highest BCUT2D eigenvalue weighted by molar-refractivity contribution is 5.96. The normalized spacial score (nSPS) is 9.74. The minimum Gasteiger partial charge on any atom is -0.487 e. The van der Waals surface area contributed by atoms with Crippen LogP contribution in [0.1, 0.15) is 17.3 Å². The van der Waals surface area contributed by atoms with E-state index >= 15 is 0 Å². The van der Waals surface area contributed by atoms with E-state index in [9.17, 15) is 19.7 Å². The summed E-state index contributed by atoms with van der Waals surface area (Å²) < 4.78 is 5.06. The second-order valence-electron chi connectivity index (χ2n) is 3.45. The van der Waals surface area contributed by atoms with Gasteiger partial charge in [0.2, 0.25) is 0 Å². The summed E-state index contributed by atoms with van der Waals surface area (Å²) in [6.45, 7) is 1.38. The summed E-state index contributed by atoms with van der Waals surface area (Å²) in [5.74, 6) is -1.84. The van der Waals surface area contributed by atoms with Gasteiger partial charge in [-0.05, 0) is 19.1 Å². The van der Waals surface area contributed by atoms with E-state index in [1.165, 1.54) is 12.1 Å². The number of carbonyl (C=O) groups is 2. The molecule has 0 aromatic heterocycles. The molecule has 0 aliphatic rings. The van der Waals surface area contributed by atoms with Crippen LogP contribution in [0.2, 0.25) is 0 Å². The predicted molar refractivity (Wildman–Crippen MR) is 64.2 cm³/mol. The van der Waals surface area contributed by atoms with Crippen LogP contribution in [0.5, 0.6) is 5.75 Å². The summed E-state index contributed by atoms with van der Waals surface area (Å²) in [5, 5.41) is 21.4. The Kier molecular flexibility index (Phi) is 4.81. The number of aliphatic carboxylic acids is 1. The minimum atomic E-state index is -1.20. The molecule has 0 aliphatic carbocycles. The predicted octanol–water partition coefficient (Wildman–Crippen LogP) is 0.808. The van der Waals surface area contributed by atoms with Gasteiger partial charge in [-0.1, -0.05) is 0 Å². The van der Waals surface area contributed by atoms with Crippen LogP contribution >= 0.6 is 0 Å². The molecule has 1 amide bonds. The van der Waals surface area contributed by atoms with Gasteiger partial charge in [0.15, 0.2) is 5.75 Å². The Morgan fingerprint density at radius 2 is 2.16 bits per heavy atom. The fourth-order valence-electron chi connectivity index (χ4n) is 1.34. The summed E-state index contributed by atoms with van der Waals surface area (Å²) in [6, 6.07) is 3.68. The highest BCUT2D eigenvalue weighted by atomic mass is 16.6. The Bertz CT molecular complexity index is 514. The Morgan fingerprint density at radius 3 is 2.68 bits per heavy atom. The maximum Gasteiger partial charge on any atom is 0.322 e. The summed E-state index contributed by atoms with van der Waals surface area (Å²) >= 11 is 0. The van der Waals surface area contributed by atoms with Crippen LogP contribution in [0.25, 0.3) is 0 Å². The van der Waals surface area contributed by atoms with Gasteiger partial charge in [0.05, 0.1) is 11.5 Å². The molecule has 0 spiro atoms. The highest BCUT2D eigenvalue weighted by Crippen LogP contribution is 2.27. The molecule has 8 nitrogen and oxygen atoms in total. The molecule has 1 aromatic carbocycles. The lowest BCUT2D eigenvalue weighted by Crippen LogP contribution is -2.29. The van der Waals surface area contributed by atoms with E-state index in [2.05, 4.69) is 5.32 Å². The zero-order valence-corrected chi connectivity index (χ0v) is 10.1. The molecule has 8 heteroatoms. The van der Waals surface area contributed by atoms with Gasteiger partial charge in [-0.2, -0.15) is 0 Å². The van der Waals surface area contributed by atoms with Gasteiger partial charge in [0.25, 0.3) is 5.91 Å². The van der Waals surface area contributed by atoms with Crippen molar-refractivity contribution in [1.82, 2.24) is 5.32 Å². The molecule has 19 heavy (non-hydrogen) atoms. The van der Waals surface area contributed by atoms with Gasteiger partial charge in [0, 0.05) is 11.6 Å². The first-order chi connectivity index (χ1) is 8.95. The number of nitrogens with one attached hydrogen (secondary N) is 1. The van der Waals surface area contributed by atoms with Crippen molar-refractivity contribution in [2.45, 2.75) is 6.92 Å². The standard InChI is InChI=1S/C11H12N2O6/c1-2-19-9-4-3-7(5-8(9)13(17)18)11(16)12-6-10(14)15/h3-5H,2,6H2,1H3,(H,12,16)(H,14,15). The number of benzene rings is 1. The van der Waals surface area contributed by atoms with Crippen LogP contribution in [-0.2, 0) is 4.79 Å². The van der Waals surface area contributed by atoms with E-state index < -0.39 is 23.3 Å². The summed E-state index contributed by atoms with van der Waals surface area (Å²) in [5.41, 5.74) is -0.346. The Balaban J connectivity index is 2.97. The number of nitrogens with zero attached hydrogens (tertiary/aromatic N) is 1. The van der Waals surface area contributed by atoms with Crippen LogP contribution in [-0.4, -0.2) is 35.1 Å². The van der Waals surface area contributed by atoms with Crippen molar-refractivity contribution in [3.8, 4) is 5.75 Å². The molecule has 102 valence electrons. The van der Waals surface area contributed by atoms with Gasteiger partial charge in [-0.15, -0.1) is 0 Å². The third-order valence-corrected chi connectivity index (χ3v) is 2.12. The first-order valence-corrected chi connectivity index (χ1v) is 5.37. The number of carbonyl (C=O) groups excluding carboxylic acids is 1. The number of rotatable bonds is 6. The van der Waals surface area contributed by atoms with Gasteiger partial charge in [-0.25, -0.2) is 0 Å². The smallest absolute Gasteiger partial charge is 0.322 e. The summed E-state index contributed by atoms with van der Waals surface area (Å²) in [6.07, 6.45) is 0. The first kappa shape index (κ1) is 14.4. The lowest BCUT2D eigenvalue weighted by molar-refractivity contribution is -0.385. The SMILES string of the molecule is CCOc1ccc(C(=O)NCC(=O)O)cc1[N+](=O)[O-]. The van der Waals surface area contributed by atoms with E-state index in [4.69, 9.17) is 9.84 Å². The number of amides is 1. The number of ether oxygens (including phenoxy) is 1. The Hall–Kier alpha value is -2.64. The van der Waals surface area contributed by atoms with E-state index in [1.54, 1.807) is 6.92 Å². The average molecular weight is 268 g/mol. The Morgan fingerprint density at radius 1 is 1.47 bits per heavy atom. The van der Waals surface area contributed by atoms with Crippen molar-refractivity contribution in [3.63, 3.8) is 0 Å². The van der Waals surface area contributed by atoms with Crippen molar-refractivity contribution in [3.05, 3.63) is 33.9 Å². The zero-order chi connectivity index (χ0) is 14.4. The quantitative estimate of drug-likeness (QED) is 0.582. The molecule has 0 saturated heterocycles. The fraction of sp³-hybridized carbons (Fsp3) is 0.273. The molecule has 0 bridgehead atoms. The lowest BCUT2D eigenvalue weighted by atomic mass is 10.1. The van der Waals surface area contributed by atoms with Crippen LogP contribution in [0.15, 0.2) is 18.2 Å². The van der Waals surface area contributed by atoms with Gasteiger partial charge in [-0.3, -0.25) is 19.7 Å². The second kappa shape index (κ2) is 6.34. The highest BCUT2D eigenvalue weighted by Gasteiger charge is 2.18. The average Bonchev–Trinajstić information content (AvgIpc) is 2.36. The van der Waals surface area contributed by atoms with Crippen LogP contribution in [0.4, 0.5) is 5.69 Å². The lowest BCUT2D eigenvalue weighted by Gasteiger charge is -2.06. The maximum absolute atomic E-state index is 11.6. The van der Waals surface area contributed by atoms with E-state index in [0.29, 0.717) is 0 Å². The number of nitro benzene ring substituents is 1. The topological polar surface area (TPSA) is 119 Å². The molecular weight excluding hydrogens is 256 g/mol. The Labute approximate surface area is 108 Å². The van der Waals surface area contributed by atoms with Gasteiger partial charge >= 0.3 is 11.7 Å². The molecule has 0 unspecified atom stereocenters.